The zero-order valence-corrected chi connectivity index (χ0v) is 13.9. The van der Waals surface area contributed by atoms with Crippen LogP contribution < -0.4 is 0 Å². The molecule has 1 aromatic carbocycles. The minimum atomic E-state index is -0.782. The van der Waals surface area contributed by atoms with Gasteiger partial charge in [0.25, 0.3) is 0 Å². The Hall–Kier alpha value is -0.580. The van der Waals surface area contributed by atoms with Crippen LogP contribution in [0.5, 0.6) is 0 Å². The molecule has 2 atom stereocenters. The summed E-state index contributed by atoms with van der Waals surface area (Å²) in [6, 6.07) is 6.02. The molecule has 2 aromatic rings. The topological polar surface area (TPSA) is 34.9 Å². The normalized spacial score (nSPS) is 14.6. The van der Waals surface area contributed by atoms with Crippen molar-refractivity contribution in [2.75, 3.05) is 17.9 Å². The molecule has 0 aliphatic heterocycles. The second-order valence-corrected chi connectivity index (χ2v) is 7.20. The van der Waals surface area contributed by atoms with Gasteiger partial charge in [0.2, 0.25) is 0 Å². The van der Waals surface area contributed by atoms with Gasteiger partial charge in [-0.25, -0.2) is 4.98 Å². The number of halogens is 2. The summed E-state index contributed by atoms with van der Waals surface area (Å²) in [6.07, 6.45) is 3.28. The Morgan fingerprint density at radius 2 is 2.20 bits per heavy atom. The molecule has 0 radical (unpaired) electrons. The lowest BCUT2D eigenvalue weighted by Crippen LogP contribution is -2.12. The monoisotopic (exact) mass is 332 g/mol. The molecular formula is C14H18Cl2N2OS. The second-order valence-electron chi connectivity index (χ2n) is 4.86. The fraction of sp³-hybridized carbons (Fsp3) is 0.500. The van der Waals surface area contributed by atoms with Crippen molar-refractivity contribution in [2.45, 2.75) is 25.8 Å². The van der Waals surface area contributed by atoms with E-state index in [1.54, 1.807) is 6.26 Å². The van der Waals surface area contributed by atoms with Crippen LogP contribution in [-0.2, 0) is 17.2 Å². The standard InChI is InChI=1S/C14H18Cl2N2OS/c1-10(7-9-20(2)19)18-12-5-3-4-11(16)14(12)17-13(18)6-8-15/h3-5,10H,6-9H2,1-2H3. The predicted molar refractivity (Wildman–Crippen MR) is 87.4 cm³/mol. The molecule has 6 heteroatoms. The molecule has 1 heterocycles. The summed E-state index contributed by atoms with van der Waals surface area (Å²) in [5.74, 6) is 2.15. The fourth-order valence-corrected chi connectivity index (χ4v) is 3.40. The van der Waals surface area contributed by atoms with Gasteiger partial charge in [0.1, 0.15) is 11.3 Å². The minimum absolute atomic E-state index is 0.223. The van der Waals surface area contributed by atoms with Crippen molar-refractivity contribution in [2.24, 2.45) is 0 Å². The number of aromatic nitrogens is 2. The number of aryl methyl sites for hydroxylation is 1. The zero-order valence-electron chi connectivity index (χ0n) is 11.6. The van der Waals surface area contributed by atoms with Crippen molar-refractivity contribution >= 4 is 45.0 Å². The number of imidazole rings is 1. The Morgan fingerprint density at radius 3 is 2.85 bits per heavy atom. The smallest absolute Gasteiger partial charge is 0.111 e. The van der Waals surface area contributed by atoms with Crippen molar-refractivity contribution in [1.82, 2.24) is 9.55 Å². The summed E-state index contributed by atoms with van der Waals surface area (Å²) in [5.41, 5.74) is 1.84. The van der Waals surface area contributed by atoms with E-state index < -0.39 is 10.8 Å². The van der Waals surface area contributed by atoms with Crippen LogP contribution in [0.15, 0.2) is 18.2 Å². The molecule has 110 valence electrons. The van der Waals surface area contributed by atoms with Gasteiger partial charge in [0.15, 0.2) is 0 Å². The Balaban J connectivity index is 2.45. The number of rotatable bonds is 6. The third-order valence-corrected chi connectivity index (χ3v) is 4.63. The van der Waals surface area contributed by atoms with Crippen LogP contribution in [0.1, 0.15) is 25.2 Å². The number of benzene rings is 1. The molecule has 1 aromatic heterocycles. The molecule has 0 fully saturated rings. The van der Waals surface area contributed by atoms with Gasteiger partial charge in [-0.1, -0.05) is 17.7 Å². The second kappa shape index (κ2) is 6.92. The highest BCUT2D eigenvalue weighted by Gasteiger charge is 2.17. The Bertz CT molecular complexity index is 627. The first-order chi connectivity index (χ1) is 9.54. The first kappa shape index (κ1) is 15.8. The molecular weight excluding hydrogens is 315 g/mol. The summed E-state index contributed by atoms with van der Waals surface area (Å²) in [5, 5.41) is 0.656. The van der Waals surface area contributed by atoms with Crippen LogP contribution >= 0.6 is 23.2 Å². The molecule has 20 heavy (non-hydrogen) atoms. The van der Waals surface area contributed by atoms with Crippen LogP contribution in [0.25, 0.3) is 11.0 Å². The van der Waals surface area contributed by atoms with Crippen molar-refractivity contribution in [3.05, 3.63) is 29.0 Å². The lowest BCUT2D eigenvalue weighted by Gasteiger charge is -2.17. The molecule has 0 aliphatic carbocycles. The lowest BCUT2D eigenvalue weighted by molar-refractivity contribution is 0.525. The van der Waals surface area contributed by atoms with Crippen molar-refractivity contribution in [3.63, 3.8) is 0 Å². The number of para-hydroxylation sites is 1. The average molecular weight is 333 g/mol. The molecule has 0 bridgehead atoms. The predicted octanol–water partition coefficient (Wildman–Crippen LogP) is 3.80. The molecule has 2 rings (SSSR count). The van der Waals surface area contributed by atoms with E-state index in [2.05, 4.69) is 16.5 Å². The summed E-state index contributed by atoms with van der Waals surface area (Å²) in [4.78, 5) is 4.62. The Kier molecular flexibility index (Phi) is 5.47. The fourth-order valence-electron chi connectivity index (χ4n) is 2.35. The average Bonchev–Trinajstić information content (AvgIpc) is 2.76. The highest BCUT2D eigenvalue weighted by atomic mass is 35.5. The summed E-state index contributed by atoms with van der Waals surface area (Å²) >= 11 is 12.1. The van der Waals surface area contributed by atoms with E-state index in [4.69, 9.17) is 23.2 Å². The minimum Gasteiger partial charge on any atom is -0.325 e. The van der Waals surface area contributed by atoms with E-state index in [9.17, 15) is 4.21 Å². The quantitative estimate of drug-likeness (QED) is 0.754. The molecule has 0 saturated heterocycles. The molecule has 0 aliphatic rings. The largest absolute Gasteiger partial charge is 0.325 e. The maximum Gasteiger partial charge on any atom is 0.111 e. The summed E-state index contributed by atoms with van der Waals surface area (Å²) in [7, 11) is -0.782. The van der Waals surface area contributed by atoms with Crippen LogP contribution in [-0.4, -0.2) is 31.6 Å². The molecule has 0 amide bonds. The van der Waals surface area contributed by atoms with Gasteiger partial charge in [-0.2, -0.15) is 0 Å². The molecule has 0 saturated carbocycles. The van der Waals surface area contributed by atoms with Crippen LogP contribution in [0.2, 0.25) is 5.02 Å². The van der Waals surface area contributed by atoms with Crippen molar-refractivity contribution in [3.8, 4) is 0 Å². The lowest BCUT2D eigenvalue weighted by atomic mass is 10.2. The first-order valence-corrected chi connectivity index (χ1v) is 9.20. The van der Waals surface area contributed by atoms with Gasteiger partial charge in [0.05, 0.1) is 10.5 Å². The van der Waals surface area contributed by atoms with Gasteiger partial charge in [-0.05, 0) is 25.5 Å². The highest BCUT2D eigenvalue weighted by molar-refractivity contribution is 7.84. The molecule has 3 nitrogen and oxygen atoms in total. The highest BCUT2D eigenvalue weighted by Crippen LogP contribution is 2.28. The molecule has 2 unspecified atom stereocenters. The van der Waals surface area contributed by atoms with Gasteiger partial charge in [-0.15, -0.1) is 11.6 Å². The van der Waals surface area contributed by atoms with E-state index in [1.165, 1.54) is 0 Å². The van der Waals surface area contributed by atoms with E-state index >= 15 is 0 Å². The van der Waals surface area contributed by atoms with E-state index in [0.29, 0.717) is 23.1 Å². The summed E-state index contributed by atoms with van der Waals surface area (Å²) < 4.78 is 13.5. The zero-order chi connectivity index (χ0) is 14.7. The number of alkyl halides is 1. The first-order valence-electron chi connectivity index (χ1n) is 6.56. The Labute approximate surface area is 131 Å². The maximum atomic E-state index is 11.3. The van der Waals surface area contributed by atoms with Crippen LogP contribution in [0, 0.1) is 0 Å². The third kappa shape index (κ3) is 3.35. The molecule has 0 N–H and O–H groups in total. The molecule has 0 spiro atoms. The van der Waals surface area contributed by atoms with Gasteiger partial charge in [0, 0.05) is 41.2 Å². The van der Waals surface area contributed by atoms with E-state index in [1.807, 2.05) is 18.2 Å². The van der Waals surface area contributed by atoms with Gasteiger partial charge in [-0.3, -0.25) is 4.21 Å². The van der Waals surface area contributed by atoms with Crippen LogP contribution in [0.3, 0.4) is 0 Å². The number of fused-ring (bicyclic) bond motifs is 1. The van der Waals surface area contributed by atoms with Crippen molar-refractivity contribution < 1.29 is 4.21 Å². The number of hydrogen-bond acceptors (Lipinski definition) is 2. The van der Waals surface area contributed by atoms with Crippen molar-refractivity contribution in [1.29, 1.82) is 0 Å². The van der Waals surface area contributed by atoms with Gasteiger partial charge < -0.3 is 4.57 Å². The SMILES string of the molecule is CC(CCS(C)=O)n1c(CCCl)nc2c(Cl)cccc21. The van der Waals surface area contributed by atoms with E-state index in [0.717, 1.165) is 23.3 Å². The third-order valence-electron chi connectivity index (χ3n) is 3.33. The Morgan fingerprint density at radius 1 is 1.45 bits per heavy atom. The number of hydrogen-bond donors (Lipinski definition) is 0. The van der Waals surface area contributed by atoms with Gasteiger partial charge >= 0.3 is 0 Å². The number of nitrogens with zero attached hydrogens (tertiary/aromatic N) is 2. The summed E-state index contributed by atoms with van der Waals surface area (Å²) in [6.45, 7) is 2.12. The van der Waals surface area contributed by atoms with E-state index in [-0.39, 0.29) is 6.04 Å². The van der Waals surface area contributed by atoms with Crippen LogP contribution in [0.4, 0.5) is 0 Å². The maximum absolute atomic E-state index is 11.3.